The molecule has 2 aromatic carbocycles. The predicted molar refractivity (Wildman–Crippen MR) is 110 cm³/mol. The van der Waals surface area contributed by atoms with E-state index in [0.29, 0.717) is 23.1 Å². The van der Waals surface area contributed by atoms with Gasteiger partial charge in [0.1, 0.15) is 5.75 Å². The van der Waals surface area contributed by atoms with E-state index in [1.54, 1.807) is 6.07 Å². The standard InChI is InChI=1S/C20H22BrClN2O3/c1-13(2)15-7-9-18(16(21)11-15)27-12-20(26)24-23-19(25)10-8-14-5-3-4-6-17(14)22/h3-7,9,11,13H,8,10,12H2,1-2H3,(H,23,25)(H,24,26). The molecule has 0 aromatic heterocycles. The van der Waals surface area contributed by atoms with Crippen LogP contribution in [0.2, 0.25) is 5.02 Å². The number of aryl methyl sites for hydroxylation is 1. The molecule has 0 aliphatic rings. The van der Waals surface area contributed by atoms with E-state index in [2.05, 4.69) is 40.6 Å². The summed E-state index contributed by atoms with van der Waals surface area (Å²) in [5.41, 5.74) is 6.77. The first kappa shape index (κ1) is 21.3. The van der Waals surface area contributed by atoms with Crippen LogP contribution in [0, 0.1) is 0 Å². The van der Waals surface area contributed by atoms with Crippen LogP contribution in [0.25, 0.3) is 0 Å². The molecule has 7 heteroatoms. The Labute approximate surface area is 172 Å². The van der Waals surface area contributed by atoms with Crippen LogP contribution in [-0.4, -0.2) is 18.4 Å². The summed E-state index contributed by atoms with van der Waals surface area (Å²) >= 11 is 9.49. The van der Waals surface area contributed by atoms with Crippen molar-refractivity contribution >= 4 is 39.3 Å². The van der Waals surface area contributed by atoms with Gasteiger partial charge in [0.25, 0.3) is 5.91 Å². The molecule has 0 radical (unpaired) electrons. The van der Waals surface area contributed by atoms with Crippen LogP contribution in [0.3, 0.4) is 0 Å². The predicted octanol–water partition coefficient (Wildman–Crippen LogP) is 4.38. The van der Waals surface area contributed by atoms with Crippen LogP contribution >= 0.6 is 27.5 Å². The second-order valence-electron chi connectivity index (χ2n) is 6.32. The molecule has 0 saturated heterocycles. The molecule has 0 spiro atoms. The molecule has 0 aliphatic heterocycles. The molecule has 144 valence electrons. The van der Waals surface area contributed by atoms with E-state index in [9.17, 15) is 9.59 Å². The third-order valence-electron chi connectivity index (χ3n) is 3.90. The highest BCUT2D eigenvalue weighted by Crippen LogP contribution is 2.28. The van der Waals surface area contributed by atoms with Crippen molar-refractivity contribution in [3.8, 4) is 5.75 Å². The van der Waals surface area contributed by atoms with Crippen LogP contribution in [0.1, 0.15) is 37.3 Å². The molecule has 0 aliphatic carbocycles. The molecular weight excluding hydrogens is 432 g/mol. The number of benzene rings is 2. The Kier molecular flexibility index (Phi) is 8.13. The normalized spacial score (nSPS) is 10.6. The summed E-state index contributed by atoms with van der Waals surface area (Å²) in [7, 11) is 0. The van der Waals surface area contributed by atoms with Gasteiger partial charge in [0.15, 0.2) is 6.61 Å². The molecule has 2 amide bonds. The number of ether oxygens (including phenoxy) is 1. The molecule has 5 nitrogen and oxygen atoms in total. The lowest BCUT2D eigenvalue weighted by atomic mass is 10.0. The zero-order valence-electron chi connectivity index (χ0n) is 15.2. The van der Waals surface area contributed by atoms with Crippen LogP contribution in [0.5, 0.6) is 5.75 Å². The van der Waals surface area contributed by atoms with Gasteiger partial charge in [-0.25, -0.2) is 0 Å². The van der Waals surface area contributed by atoms with E-state index < -0.39 is 5.91 Å². The first-order valence-electron chi connectivity index (χ1n) is 8.60. The molecule has 0 heterocycles. The van der Waals surface area contributed by atoms with Crippen molar-refractivity contribution in [2.24, 2.45) is 0 Å². The van der Waals surface area contributed by atoms with Crippen molar-refractivity contribution in [1.82, 2.24) is 10.9 Å². The fraction of sp³-hybridized carbons (Fsp3) is 0.300. The summed E-state index contributed by atoms with van der Waals surface area (Å²) in [4.78, 5) is 23.7. The number of hydrogen-bond acceptors (Lipinski definition) is 3. The zero-order valence-corrected chi connectivity index (χ0v) is 17.6. The third-order valence-corrected chi connectivity index (χ3v) is 4.89. The minimum atomic E-state index is -0.444. The van der Waals surface area contributed by atoms with Gasteiger partial charge in [0, 0.05) is 11.4 Å². The first-order valence-corrected chi connectivity index (χ1v) is 9.77. The van der Waals surface area contributed by atoms with Gasteiger partial charge >= 0.3 is 0 Å². The quantitative estimate of drug-likeness (QED) is 0.611. The van der Waals surface area contributed by atoms with Gasteiger partial charge in [-0.2, -0.15) is 0 Å². The van der Waals surface area contributed by atoms with E-state index in [1.165, 1.54) is 5.56 Å². The maximum atomic E-state index is 11.8. The summed E-state index contributed by atoms with van der Waals surface area (Å²) in [5.74, 6) is 0.228. The minimum absolute atomic E-state index is 0.204. The van der Waals surface area contributed by atoms with Gasteiger partial charge in [-0.1, -0.05) is 49.7 Å². The van der Waals surface area contributed by atoms with E-state index in [-0.39, 0.29) is 18.9 Å². The van der Waals surface area contributed by atoms with Crippen LogP contribution in [0.15, 0.2) is 46.9 Å². The molecule has 2 rings (SSSR count). The van der Waals surface area contributed by atoms with E-state index in [4.69, 9.17) is 16.3 Å². The van der Waals surface area contributed by atoms with Crippen molar-refractivity contribution in [3.05, 3.63) is 63.1 Å². The minimum Gasteiger partial charge on any atom is -0.483 e. The number of hydrazine groups is 1. The molecular formula is C20H22BrClN2O3. The summed E-state index contributed by atoms with van der Waals surface area (Å²) < 4.78 is 6.27. The zero-order chi connectivity index (χ0) is 19.8. The van der Waals surface area contributed by atoms with Crippen LogP contribution < -0.4 is 15.6 Å². The largest absolute Gasteiger partial charge is 0.483 e. The molecule has 2 aromatic rings. The van der Waals surface area contributed by atoms with Crippen molar-refractivity contribution in [3.63, 3.8) is 0 Å². The molecule has 0 fully saturated rings. The lowest BCUT2D eigenvalue weighted by Crippen LogP contribution is -2.43. The van der Waals surface area contributed by atoms with Crippen LogP contribution in [0.4, 0.5) is 0 Å². The monoisotopic (exact) mass is 452 g/mol. The van der Waals surface area contributed by atoms with Crippen molar-refractivity contribution in [1.29, 1.82) is 0 Å². The number of carbonyl (C=O) groups excluding carboxylic acids is 2. The summed E-state index contributed by atoms with van der Waals surface area (Å²) in [6.45, 7) is 4.00. The fourth-order valence-corrected chi connectivity index (χ4v) is 3.07. The average Bonchev–Trinajstić information content (AvgIpc) is 2.64. The molecule has 0 atom stereocenters. The van der Waals surface area contributed by atoms with E-state index in [0.717, 1.165) is 10.0 Å². The van der Waals surface area contributed by atoms with Gasteiger partial charge in [-0.05, 0) is 57.6 Å². The molecule has 27 heavy (non-hydrogen) atoms. The Balaban J connectivity index is 1.73. The Morgan fingerprint density at radius 2 is 1.81 bits per heavy atom. The summed E-state index contributed by atoms with van der Waals surface area (Å²) in [5, 5.41) is 0.622. The van der Waals surface area contributed by atoms with Gasteiger partial charge in [-0.3, -0.25) is 20.4 Å². The van der Waals surface area contributed by atoms with Crippen molar-refractivity contribution in [2.75, 3.05) is 6.61 Å². The first-order chi connectivity index (χ1) is 12.9. The van der Waals surface area contributed by atoms with Gasteiger partial charge in [-0.15, -0.1) is 0 Å². The average molecular weight is 454 g/mol. The van der Waals surface area contributed by atoms with Gasteiger partial charge in [0.2, 0.25) is 5.91 Å². The molecule has 2 N–H and O–H groups in total. The molecule has 0 bridgehead atoms. The van der Waals surface area contributed by atoms with E-state index >= 15 is 0 Å². The second-order valence-corrected chi connectivity index (χ2v) is 7.58. The number of nitrogens with one attached hydrogen (secondary N) is 2. The molecule has 0 saturated carbocycles. The van der Waals surface area contributed by atoms with Crippen molar-refractivity contribution < 1.29 is 14.3 Å². The lowest BCUT2D eigenvalue weighted by Gasteiger charge is -2.12. The van der Waals surface area contributed by atoms with Crippen LogP contribution in [-0.2, 0) is 16.0 Å². The summed E-state index contributed by atoms with van der Waals surface area (Å²) in [6.07, 6.45) is 0.708. The van der Waals surface area contributed by atoms with Crippen molar-refractivity contribution in [2.45, 2.75) is 32.6 Å². The Morgan fingerprint density at radius 3 is 2.48 bits per heavy atom. The Bertz CT molecular complexity index is 812. The lowest BCUT2D eigenvalue weighted by molar-refractivity contribution is -0.130. The SMILES string of the molecule is CC(C)c1ccc(OCC(=O)NNC(=O)CCc2ccccc2Cl)c(Br)c1. The Hall–Kier alpha value is -2.05. The second kappa shape index (κ2) is 10.3. The number of amides is 2. The van der Waals surface area contributed by atoms with Gasteiger partial charge < -0.3 is 4.74 Å². The van der Waals surface area contributed by atoms with Gasteiger partial charge in [0.05, 0.1) is 4.47 Å². The highest BCUT2D eigenvalue weighted by molar-refractivity contribution is 9.10. The number of carbonyl (C=O) groups is 2. The highest BCUT2D eigenvalue weighted by atomic mass is 79.9. The number of halogens is 2. The smallest absolute Gasteiger partial charge is 0.276 e. The highest BCUT2D eigenvalue weighted by Gasteiger charge is 2.10. The van der Waals surface area contributed by atoms with E-state index in [1.807, 2.05) is 36.4 Å². The maximum absolute atomic E-state index is 11.8. The Morgan fingerprint density at radius 1 is 1.11 bits per heavy atom. The topological polar surface area (TPSA) is 67.4 Å². The third kappa shape index (κ3) is 6.88. The number of rotatable bonds is 7. The summed E-state index contributed by atoms with van der Waals surface area (Å²) in [6, 6.07) is 13.1. The maximum Gasteiger partial charge on any atom is 0.276 e. The molecule has 0 unspecified atom stereocenters. The fourth-order valence-electron chi connectivity index (χ4n) is 2.32. The number of hydrogen-bond donors (Lipinski definition) is 2.